The van der Waals surface area contributed by atoms with E-state index in [1.54, 1.807) is 0 Å². The summed E-state index contributed by atoms with van der Waals surface area (Å²) in [5.74, 6) is 0.535. The largest absolute Gasteiger partial charge is 0.396 e. The Labute approximate surface area is 74.4 Å². The van der Waals surface area contributed by atoms with Gasteiger partial charge in [-0.2, -0.15) is 0 Å². The van der Waals surface area contributed by atoms with E-state index in [1.165, 1.54) is 25.7 Å². The van der Waals surface area contributed by atoms with Crippen LogP contribution >= 0.6 is 0 Å². The molecule has 0 unspecified atom stereocenters. The number of aliphatic hydroxyl groups excluding tert-OH is 1. The molecular formula is C10H19NO. The number of hydrogen-bond acceptors (Lipinski definition) is 2. The second kappa shape index (κ2) is 3.00. The van der Waals surface area contributed by atoms with Gasteiger partial charge in [0.1, 0.15) is 0 Å². The molecule has 70 valence electrons. The smallest absolute Gasteiger partial charge is 0.0474 e. The maximum absolute atomic E-state index is 9.18. The molecule has 0 amide bonds. The van der Waals surface area contributed by atoms with Crippen LogP contribution in [-0.2, 0) is 0 Å². The minimum Gasteiger partial charge on any atom is -0.396 e. The molecule has 1 saturated carbocycles. The highest BCUT2D eigenvalue weighted by Crippen LogP contribution is 2.49. The Hall–Kier alpha value is -0.0800. The molecule has 0 aromatic heterocycles. The third kappa shape index (κ3) is 1.01. The van der Waals surface area contributed by atoms with Gasteiger partial charge in [-0.05, 0) is 43.6 Å². The third-order valence-electron chi connectivity index (χ3n) is 4.07. The second-order valence-corrected chi connectivity index (χ2v) is 4.38. The molecule has 2 nitrogen and oxygen atoms in total. The third-order valence-corrected chi connectivity index (χ3v) is 4.07. The van der Waals surface area contributed by atoms with Crippen LogP contribution in [0.1, 0.15) is 32.6 Å². The predicted molar refractivity (Wildman–Crippen MR) is 48.9 cm³/mol. The van der Waals surface area contributed by atoms with Crippen molar-refractivity contribution in [3.05, 3.63) is 0 Å². The summed E-state index contributed by atoms with van der Waals surface area (Å²) < 4.78 is 0. The average molecular weight is 169 g/mol. The highest BCUT2D eigenvalue weighted by Gasteiger charge is 2.49. The minimum atomic E-state index is 0.374. The van der Waals surface area contributed by atoms with Crippen LogP contribution in [-0.4, -0.2) is 24.3 Å². The summed E-state index contributed by atoms with van der Waals surface area (Å²) in [5, 5.41) is 12.7. The predicted octanol–water partition coefficient (Wildman–Crippen LogP) is 1.15. The molecule has 12 heavy (non-hydrogen) atoms. The number of fused-ring (bicyclic) bond motifs is 1. The first-order valence-corrected chi connectivity index (χ1v) is 5.16. The van der Waals surface area contributed by atoms with Crippen LogP contribution in [0.2, 0.25) is 0 Å². The maximum Gasteiger partial charge on any atom is 0.0474 e. The monoisotopic (exact) mass is 169 g/mol. The zero-order chi connectivity index (χ0) is 8.60. The lowest BCUT2D eigenvalue weighted by Crippen LogP contribution is -2.37. The lowest BCUT2D eigenvalue weighted by atomic mass is 9.79. The molecule has 2 heteroatoms. The van der Waals surface area contributed by atoms with E-state index in [2.05, 4.69) is 12.2 Å². The molecule has 0 aromatic carbocycles. The topological polar surface area (TPSA) is 32.3 Å². The van der Waals surface area contributed by atoms with E-state index in [1.807, 2.05) is 0 Å². The first-order chi connectivity index (χ1) is 5.82. The van der Waals surface area contributed by atoms with Crippen LogP contribution in [0.3, 0.4) is 0 Å². The van der Waals surface area contributed by atoms with Crippen molar-refractivity contribution in [2.24, 2.45) is 11.3 Å². The van der Waals surface area contributed by atoms with Gasteiger partial charge in [0.05, 0.1) is 0 Å². The van der Waals surface area contributed by atoms with Crippen LogP contribution < -0.4 is 5.32 Å². The van der Waals surface area contributed by atoms with Gasteiger partial charge in [-0.1, -0.05) is 6.92 Å². The van der Waals surface area contributed by atoms with Crippen LogP contribution in [0.25, 0.3) is 0 Å². The molecule has 1 aliphatic heterocycles. The Balaban J connectivity index is 2.14. The molecule has 3 atom stereocenters. The van der Waals surface area contributed by atoms with Gasteiger partial charge in [0, 0.05) is 12.6 Å². The summed E-state index contributed by atoms with van der Waals surface area (Å²) in [6.07, 6.45) is 5.15. The van der Waals surface area contributed by atoms with Gasteiger partial charge in [0.15, 0.2) is 0 Å². The van der Waals surface area contributed by atoms with Gasteiger partial charge in [-0.25, -0.2) is 0 Å². The van der Waals surface area contributed by atoms with Crippen molar-refractivity contribution in [1.29, 1.82) is 0 Å². The van der Waals surface area contributed by atoms with E-state index in [0.717, 1.165) is 6.54 Å². The fourth-order valence-corrected chi connectivity index (χ4v) is 3.21. The van der Waals surface area contributed by atoms with Crippen LogP contribution in [0.5, 0.6) is 0 Å². The van der Waals surface area contributed by atoms with Gasteiger partial charge in [-0.15, -0.1) is 0 Å². The molecule has 1 heterocycles. The Morgan fingerprint density at radius 3 is 3.00 bits per heavy atom. The molecule has 2 fully saturated rings. The highest BCUT2D eigenvalue weighted by molar-refractivity contribution is 5.04. The Morgan fingerprint density at radius 2 is 2.33 bits per heavy atom. The molecule has 2 rings (SSSR count). The zero-order valence-electron chi connectivity index (χ0n) is 7.84. The fraction of sp³-hybridized carbons (Fsp3) is 1.00. The van der Waals surface area contributed by atoms with Crippen LogP contribution in [0, 0.1) is 11.3 Å². The lowest BCUT2D eigenvalue weighted by molar-refractivity contribution is 0.182. The van der Waals surface area contributed by atoms with Crippen molar-refractivity contribution >= 4 is 0 Å². The van der Waals surface area contributed by atoms with Gasteiger partial charge < -0.3 is 10.4 Å². The Bertz CT molecular complexity index is 171. The van der Waals surface area contributed by atoms with Crippen molar-refractivity contribution in [2.75, 3.05) is 13.2 Å². The van der Waals surface area contributed by atoms with Crippen molar-refractivity contribution in [1.82, 2.24) is 5.32 Å². The molecule has 0 bridgehead atoms. The van der Waals surface area contributed by atoms with E-state index in [4.69, 9.17) is 0 Å². The standard InChI is InChI=1S/C10H19NO/c1-2-10-4-3-8(7-12)9(10)11-6-5-10/h8-9,11-12H,2-7H2,1H3/t8-,9+,10+/m1/s1. The zero-order valence-corrected chi connectivity index (χ0v) is 7.84. The molecule has 0 radical (unpaired) electrons. The van der Waals surface area contributed by atoms with Crippen molar-refractivity contribution in [2.45, 2.75) is 38.6 Å². The van der Waals surface area contributed by atoms with E-state index in [0.29, 0.717) is 24.0 Å². The summed E-state index contributed by atoms with van der Waals surface area (Å²) in [6, 6.07) is 0.618. The summed E-state index contributed by atoms with van der Waals surface area (Å²) in [6.45, 7) is 3.83. The first kappa shape index (κ1) is 8.52. The van der Waals surface area contributed by atoms with Crippen molar-refractivity contribution < 1.29 is 5.11 Å². The molecule has 2 aliphatic rings. The average Bonchev–Trinajstić information content (AvgIpc) is 2.61. The number of aliphatic hydroxyl groups is 1. The number of nitrogens with one attached hydrogen (secondary N) is 1. The fourth-order valence-electron chi connectivity index (χ4n) is 3.21. The van der Waals surface area contributed by atoms with E-state index in [9.17, 15) is 5.11 Å². The van der Waals surface area contributed by atoms with Crippen molar-refractivity contribution in [3.8, 4) is 0 Å². The summed E-state index contributed by atoms with van der Waals surface area (Å²) in [7, 11) is 0. The van der Waals surface area contributed by atoms with Crippen LogP contribution in [0.4, 0.5) is 0 Å². The van der Waals surface area contributed by atoms with E-state index >= 15 is 0 Å². The summed E-state index contributed by atoms with van der Waals surface area (Å²) >= 11 is 0. The maximum atomic E-state index is 9.18. The molecule has 1 saturated heterocycles. The normalized spacial score (nSPS) is 46.5. The summed E-state index contributed by atoms with van der Waals surface area (Å²) in [4.78, 5) is 0. The number of hydrogen-bond donors (Lipinski definition) is 2. The van der Waals surface area contributed by atoms with Crippen LogP contribution in [0.15, 0.2) is 0 Å². The number of rotatable bonds is 2. The van der Waals surface area contributed by atoms with Gasteiger partial charge in [0.2, 0.25) is 0 Å². The molecule has 0 spiro atoms. The lowest BCUT2D eigenvalue weighted by Gasteiger charge is -2.28. The Kier molecular flexibility index (Phi) is 2.13. The van der Waals surface area contributed by atoms with Crippen molar-refractivity contribution in [3.63, 3.8) is 0 Å². The summed E-state index contributed by atoms with van der Waals surface area (Å²) in [5.41, 5.74) is 0.549. The van der Waals surface area contributed by atoms with Gasteiger partial charge >= 0.3 is 0 Å². The first-order valence-electron chi connectivity index (χ1n) is 5.16. The molecule has 0 aromatic rings. The quantitative estimate of drug-likeness (QED) is 0.650. The molecule has 2 N–H and O–H groups in total. The minimum absolute atomic E-state index is 0.374. The molecular weight excluding hydrogens is 150 g/mol. The van der Waals surface area contributed by atoms with E-state index < -0.39 is 0 Å². The van der Waals surface area contributed by atoms with E-state index in [-0.39, 0.29) is 0 Å². The Morgan fingerprint density at radius 1 is 1.50 bits per heavy atom. The van der Waals surface area contributed by atoms with Gasteiger partial charge in [-0.3, -0.25) is 0 Å². The molecule has 1 aliphatic carbocycles. The SMILES string of the molecule is CC[C@]12CCN[C@H]1[C@@H](CO)CC2. The highest BCUT2D eigenvalue weighted by atomic mass is 16.3. The van der Waals surface area contributed by atoms with Gasteiger partial charge in [0.25, 0.3) is 0 Å². The second-order valence-electron chi connectivity index (χ2n) is 4.38.